The molecule has 0 aliphatic carbocycles. The highest BCUT2D eigenvalue weighted by Gasteiger charge is 2.37. The number of ether oxygens (including phenoxy) is 2. The molecular formula is C19H21NO3. The van der Waals surface area contributed by atoms with Gasteiger partial charge in [-0.3, -0.25) is 0 Å². The second-order valence-electron chi connectivity index (χ2n) is 6.49. The first kappa shape index (κ1) is 15.4. The van der Waals surface area contributed by atoms with Crippen molar-refractivity contribution >= 4 is 6.09 Å². The van der Waals surface area contributed by atoms with Gasteiger partial charge in [-0.05, 0) is 23.3 Å². The zero-order chi connectivity index (χ0) is 16.3. The van der Waals surface area contributed by atoms with Crippen molar-refractivity contribution in [2.24, 2.45) is 5.41 Å². The minimum Gasteiger partial charge on any atom is -0.489 e. The second kappa shape index (κ2) is 6.32. The lowest BCUT2D eigenvalue weighted by molar-refractivity contribution is 0.0387. The summed E-state index contributed by atoms with van der Waals surface area (Å²) in [5.41, 5.74) is 2.04. The summed E-state index contributed by atoms with van der Waals surface area (Å²) in [5.74, 6) is 0.814. The van der Waals surface area contributed by atoms with Gasteiger partial charge in [0.25, 0.3) is 0 Å². The third-order valence-electron chi connectivity index (χ3n) is 4.08. The molecule has 0 bridgehead atoms. The summed E-state index contributed by atoms with van der Waals surface area (Å²) in [6, 6.07) is 17.9. The highest BCUT2D eigenvalue weighted by molar-refractivity contribution is 5.69. The fourth-order valence-corrected chi connectivity index (χ4v) is 2.72. The summed E-state index contributed by atoms with van der Waals surface area (Å²) < 4.78 is 10.9. The summed E-state index contributed by atoms with van der Waals surface area (Å²) in [7, 11) is 0. The summed E-state index contributed by atoms with van der Waals surface area (Å²) in [5, 5.41) is 2.90. The predicted molar refractivity (Wildman–Crippen MR) is 88.2 cm³/mol. The topological polar surface area (TPSA) is 47.6 Å². The van der Waals surface area contributed by atoms with Crippen molar-refractivity contribution < 1.29 is 14.3 Å². The van der Waals surface area contributed by atoms with Crippen LogP contribution >= 0.6 is 0 Å². The van der Waals surface area contributed by atoms with Crippen molar-refractivity contribution in [1.82, 2.24) is 5.32 Å². The van der Waals surface area contributed by atoms with Gasteiger partial charge >= 0.3 is 6.09 Å². The molecule has 1 amide bonds. The molecule has 1 heterocycles. The summed E-state index contributed by atoms with van der Waals surface area (Å²) in [4.78, 5) is 11.5. The Hall–Kier alpha value is -2.49. The van der Waals surface area contributed by atoms with Crippen molar-refractivity contribution in [1.29, 1.82) is 0 Å². The Labute approximate surface area is 136 Å². The lowest BCUT2D eigenvalue weighted by Crippen LogP contribution is -2.46. The maximum absolute atomic E-state index is 11.5. The summed E-state index contributed by atoms with van der Waals surface area (Å²) in [6.07, 6.45) is -0.362. The average molecular weight is 311 g/mol. The molecule has 1 aliphatic rings. The molecule has 3 rings (SSSR count). The third-order valence-corrected chi connectivity index (χ3v) is 4.08. The number of carbonyl (C=O) groups is 1. The number of rotatable bonds is 4. The standard InChI is InChI=1S/C19H21NO3/c1-19(2)13-23-18(21)20-17(19)15-8-10-16(11-9-15)22-12-14-6-4-3-5-7-14/h3-11,17H,12-13H2,1-2H3,(H,20,21)/t17-/m1/s1. The zero-order valence-corrected chi connectivity index (χ0v) is 13.4. The van der Waals surface area contributed by atoms with Crippen molar-refractivity contribution in [2.75, 3.05) is 6.61 Å². The van der Waals surface area contributed by atoms with Crippen molar-refractivity contribution in [3.63, 3.8) is 0 Å². The third kappa shape index (κ3) is 3.65. The number of amides is 1. The molecule has 1 aliphatic heterocycles. The Morgan fingerprint density at radius 1 is 1.13 bits per heavy atom. The Kier molecular flexibility index (Phi) is 4.24. The van der Waals surface area contributed by atoms with Crippen LogP contribution in [-0.2, 0) is 11.3 Å². The molecule has 0 aromatic heterocycles. The van der Waals surface area contributed by atoms with E-state index in [-0.39, 0.29) is 17.6 Å². The van der Waals surface area contributed by atoms with Gasteiger partial charge < -0.3 is 14.8 Å². The molecule has 2 aromatic rings. The molecule has 1 atom stereocenters. The van der Waals surface area contributed by atoms with Crippen molar-refractivity contribution in [3.8, 4) is 5.75 Å². The van der Waals surface area contributed by atoms with Crippen LogP contribution in [0.15, 0.2) is 54.6 Å². The van der Waals surface area contributed by atoms with Gasteiger partial charge in [-0.2, -0.15) is 0 Å². The molecule has 4 nitrogen and oxygen atoms in total. The van der Waals surface area contributed by atoms with Crippen LogP contribution in [0, 0.1) is 5.41 Å². The van der Waals surface area contributed by atoms with Crippen LogP contribution in [0.3, 0.4) is 0 Å². The minimum atomic E-state index is -0.362. The maximum Gasteiger partial charge on any atom is 0.407 e. The van der Waals surface area contributed by atoms with Crippen LogP contribution in [0.2, 0.25) is 0 Å². The molecular weight excluding hydrogens is 290 g/mol. The van der Waals surface area contributed by atoms with Crippen molar-refractivity contribution in [2.45, 2.75) is 26.5 Å². The molecule has 0 unspecified atom stereocenters. The Balaban J connectivity index is 1.68. The fourth-order valence-electron chi connectivity index (χ4n) is 2.72. The molecule has 1 N–H and O–H groups in total. The number of hydrogen-bond donors (Lipinski definition) is 1. The van der Waals surface area contributed by atoms with E-state index in [4.69, 9.17) is 9.47 Å². The number of nitrogens with one attached hydrogen (secondary N) is 1. The van der Waals surface area contributed by atoms with Crippen LogP contribution in [0.25, 0.3) is 0 Å². The smallest absolute Gasteiger partial charge is 0.407 e. The molecule has 0 saturated carbocycles. The number of alkyl carbamates (subject to hydrolysis) is 1. The minimum absolute atomic E-state index is 0.0630. The van der Waals surface area contributed by atoms with Gasteiger partial charge in [-0.1, -0.05) is 56.3 Å². The van der Waals surface area contributed by atoms with Crippen LogP contribution in [0.5, 0.6) is 5.75 Å². The molecule has 1 fully saturated rings. The molecule has 0 radical (unpaired) electrons. The number of carbonyl (C=O) groups excluding carboxylic acids is 1. The Morgan fingerprint density at radius 2 is 1.83 bits per heavy atom. The summed E-state index contributed by atoms with van der Waals surface area (Å²) in [6.45, 7) is 5.11. The molecule has 23 heavy (non-hydrogen) atoms. The first-order chi connectivity index (χ1) is 11.0. The monoisotopic (exact) mass is 311 g/mol. The summed E-state index contributed by atoms with van der Waals surface area (Å²) >= 11 is 0. The van der Waals surface area contributed by atoms with Gasteiger partial charge in [-0.25, -0.2) is 4.79 Å². The van der Waals surface area contributed by atoms with Crippen LogP contribution in [0.1, 0.15) is 31.0 Å². The molecule has 2 aromatic carbocycles. The fraction of sp³-hybridized carbons (Fsp3) is 0.316. The van der Waals surface area contributed by atoms with E-state index < -0.39 is 0 Å². The average Bonchev–Trinajstić information content (AvgIpc) is 2.57. The highest BCUT2D eigenvalue weighted by atomic mass is 16.6. The Bertz CT molecular complexity index is 665. The molecule has 120 valence electrons. The van der Waals surface area contributed by atoms with E-state index >= 15 is 0 Å². The van der Waals surface area contributed by atoms with E-state index in [0.29, 0.717) is 13.2 Å². The largest absolute Gasteiger partial charge is 0.489 e. The molecule has 1 saturated heterocycles. The number of hydrogen-bond acceptors (Lipinski definition) is 3. The second-order valence-corrected chi connectivity index (χ2v) is 6.49. The van der Waals surface area contributed by atoms with E-state index in [0.717, 1.165) is 16.9 Å². The van der Waals surface area contributed by atoms with Crippen LogP contribution < -0.4 is 10.1 Å². The van der Waals surface area contributed by atoms with Gasteiger partial charge in [0, 0.05) is 5.41 Å². The first-order valence-electron chi connectivity index (χ1n) is 7.74. The normalized spacial score (nSPS) is 19.6. The zero-order valence-electron chi connectivity index (χ0n) is 13.4. The predicted octanol–water partition coefficient (Wildman–Crippen LogP) is 4.07. The van der Waals surface area contributed by atoms with Gasteiger partial charge in [0.15, 0.2) is 0 Å². The van der Waals surface area contributed by atoms with Gasteiger partial charge in [-0.15, -0.1) is 0 Å². The SMILES string of the molecule is CC1(C)COC(=O)N[C@@H]1c1ccc(OCc2ccccc2)cc1. The van der Waals surface area contributed by atoms with E-state index in [2.05, 4.69) is 19.2 Å². The maximum atomic E-state index is 11.5. The molecule has 4 heteroatoms. The Morgan fingerprint density at radius 3 is 2.52 bits per heavy atom. The van der Waals surface area contributed by atoms with Gasteiger partial charge in [0.1, 0.15) is 19.0 Å². The lowest BCUT2D eigenvalue weighted by atomic mass is 9.80. The van der Waals surface area contributed by atoms with Gasteiger partial charge in [0.2, 0.25) is 0 Å². The molecule has 0 spiro atoms. The lowest BCUT2D eigenvalue weighted by Gasteiger charge is -2.38. The highest BCUT2D eigenvalue weighted by Crippen LogP contribution is 2.36. The first-order valence-corrected chi connectivity index (χ1v) is 7.74. The van der Waals surface area contributed by atoms with E-state index in [9.17, 15) is 4.79 Å². The van der Waals surface area contributed by atoms with Crippen molar-refractivity contribution in [3.05, 3.63) is 65.7 Å². The number of benzene rings is 2. The number of cyclic esters (lactones) is 1. The van der Waals surface area contributed by atoms with Crippen LogP contribution in [-0.4, -0.2) is 12.7 Å². The van der Waals surface area contributed by atoms with Crippen LogP contribution in [0.4, 0.5) is 4.79 Å². The quantitative estimate of drug-likeness (QED) is 0.926. The van der Waals surface area contributed by atoms with E-state index in [1.165, 1.54) is 0 Å². The van der Waals surface area contributed by atoms with Gasteiger partial charge in [0.05, 0.1) is 6.04 Å². The van der Waals surface area contributed by atoms with E-state index in [1.807, 2.05) is 54.6 Å². The van der Waals surface area contributed by atoms with E-state index in [1.54, 1.807) is 0 Å².